The summed E-state index contributed by atoms with van der Waals surface area (Å²) in [5, 5.41) is 12.2. The van der Waals surface area contributed by atoms with E-state index in [1.165, 1.54) is 38.6 Å². The molecule has 1 saturated carbocycles. The van der Waals surface area contributed by atoms with Crippen LogP contribution in [0.4, 0.5) is 0 Å². The minimum atomic E-state index is -0.712. The maximum absolute atomic E-state index is 11.1. The van der Waals surface area contributed by atoms with Crippen molar-refractivity contribution in [3.8, 4) is 0 Å². The van der Waals surface area contributed by atoms with Crippen molar-refractivity contribution >= 4 is 5.97 Å². The van der Waals surface area contributed by atoms with E-state index in [1.54, 1.807) is 0 Å². The lowest BCUT2D eigenvalue weighted by Crippen LogP contribution is -2.42. The molecule has 1 aliphatic carbocycles. The van der Waals surface area contributed by atoms with Gasteiger partial charge >= 0.3 is 5.97 Å². The Hall–Kier alpha value is -0.610. The van der Waals surface area contributed by atoms with E-state index in [0.29, 0.717) is 0 Å². The Labute approximate surface area is 110 Å². The van der Waals surface area contributed by atoms with Crippen LogP contribution in [0.1, 0.15) is 45.4 Å². The molecule has 0 aromatic rings. The van der Waals surface area contributed by atoms with Gasteiger partial charge in [0.05, 0.1) is 0 Å². The standard InChI is InChI=1S/C14H26N2O2/c1-2-15-12(14(17)18)8-10-16-9-7-11-5-3-4-6-13(11)16/h11-13,15H,2-10H2,1H3,(H,17,18). The minimum Gasteiger partial charge on any atom is -0.480 e. The smallest absolute Gasteiger partial charge is 0.320 e. The van der Waals surface area contributed by atoms with Crippen LogP contribution in [0.2, 0.25) is 0 Å². The van der Waals surface area contributed by atoms with Crippen LogP contribution in [0.5, 0.6) is 0 Å². The molecular weight excluding hydrogens is 228 g/mol. The van der Waals surface area contributed by atoms with E-state index in [1.807, 2.05) is 6.92 Å². The van der Waals surface area contributed by atoms with Crippen LogP contribution in [0.15, 0.2) is 0 Å². The number of hydrogen-bond donors (Lipinski definition) is 2. The largest absolute Gasteiger partial charge is 0.480 e. The van der Waals surface area contributed by atoms with Gasteiger partial charge in [-0.05, 0) is 44.7 Å². The van der Waals surface area contributed by atoms with E-state index in [0.717, 1.165) is 31.5 Å². The number of carboxylic acid groups (broad SMARTS) is 1. The van der Waals surface area contributed by atoms with E-state index in [-0.39, 0.29) is 6.04 Å². The maximum Gasteiger partial charge on any atom is 0.320 e. The first-order valence-corrected chi connectivity index (χ1v) is 7.42. The van der Waals surface area contributed by atoms with Gasteiger partial charge in [0.15, 0.2) is 0 Å². The van der Waals surface area contributed by atoms with E-state index in [9.17, 15) is 4.79 Å². The molecule has 0 bridgehead atoms. The van der Waals surface area contributed by atoms with Gasteiger partial charge in [0.2, 0.25) is 0 Å². The first-order valence-electron chi connectivity index (χ1n) is 7.42. The quantitative estimate of drug-likeness (QED) is 0.757. The van der Waals surface area contributed by atoms with Crippen LogP contribution >= 0.6 is 0 Å². The molecule has 4 nitrogen and oxygen atoms in total. The van der Waals surface area contributed by atoms with Crippen molar-refractivity contribution in [1.29, 1.82) is 0 Å². The lowest BCUT2D eigenvalue weighted by atomic mass is 9.85. The molecule has 4 heteroatoms. The average molecular weight is 254 g/mol. The molecule has 3 unspecified atom stereocenters. The Morgan fingerprint density at radius 1 is 1.39 bits per heavy atom. The lowest BCUT2D eigenvalue weighted by molar-refractivity contribution is -0.139. The third-order valence-electron chi connectivity index (χ3n) is 4.58. The molecule has 104 valence electrons. The van der Waals surface area contributed by atoms with Crippen molar-refractivity contribution < 1.29 is 9.90 Å². The monoisotopic (exact) mass is 254 g/mol. The normalized spacial score (nSPS) is 30.1. The van der Waals surface area contributed by atoms with Crippen LogP contribution in [-0.4, -0.2) is 47.7 Å². The molecule has 2 fully saturated rings. The van der Waals surface area contributed by atoms with Gasteiger partial charge in [-0.2, -0.15) is 0 Å². The van der Waals surface area contributed by atoms with Crippen molar-refractivity contribution in [3.63, 3.8) is 0 Å². The number of nitrogens with zero attached hydrogens (tertiary/aromatic N) is 1. The summed E-state index contributed by atoms with van der Waals surface area (Å²) in [5.41, 5.74) is 0. The molecule has 2 N–H and O–H groups in total. The molecule has 2 aliphatic rings. The zero-order chi connectivity index (χ0) is 13.0. The Morgan fingerprint density at radius 3 is 2.89 bits per heavy atom. The number of carboxylic acids is 1. The predicted octanol–water partition coefficient (Wildman–Crippen LogP) is 1.70. The van der Waals surface area contributed by atoms with Crippen molar-refractivity contribution in [1.82, 2.24) is 10.2 Å². The summed E-state index contributed by atoms with van der Waals surface area (Å²) in [5.74, 6) is 0.178. The zero-order valence-corrected chi connectivity index (χ0v) is 11.4. The first kappa shape index (κ1) is 13.8. The van der Waals surface area contributed by atoms with Gasteiger partial charge in [-0.1, -0.05) is 19.8 Å². The Morgan fingerprint density at radius 2 is 2.17 bits per heavy atom. The molecule has 3 atom stereocenters. The molecule has 1 aliphatic heterocycles. The predicted molar refractivity (Wildman–Crippen MR) is 71.7 cm³/mol. The number of aliphatic carboxylic acids is 1. The zero-order valence-electron chi connectivity index (χ0n) is 11.4. The highest BCUT2D eigenvalue weighted by molar-refractivity contribution is 5.73. The summed E-state index contributed by atoms with van der Waals surface area (Å²) < 4.78 is 0. The fourth-order valence-electron chi connectivity index (χ4n) is 3.63. The van der Waals surface area contributed by atoms with Crippen LogP contribution < -0.4 is 5.32 Å². The van der Waals surface area contributed by atoms with Crippen LogP contribution in [0, 0.1) is 5.92 Å². The van der Waals surface area contributed by atoms with E-state index < -0.39 is 5.97 Å². The highest BCUT2D eigenvalue weighted by Crippen LogP contribution is 2.36. The number of nitrogens with one attached hydrogen (secondary N) is 1. The summed E-state index contributed by atoms with van der Waals surface area (Å²) in [6, 6.07) is 0.368. The third kappa shape index (κ3) is 3.23. The average Bonchev–Trinajstić information content (AvgIpc) is 2.77. The topological polar surface area (TPSA) is 52.6 Å². The lowest BCUT2D eigenvalue weighted by Gasteiger charge is -2.32. The molecule has 0 spiro atoms. The molecule has 0 aromatic carbocycles. The molecule has 2 rings (SSSR count). The van der Waals surface area contributed by atoms with Crippen molar-refractivity contribution in [2.24, 2.45) is 5.92 Å². The molecule has 0 aromatic heterocycles. The molecule has 1 heterocycles. The van der Waals surface area contributed by atoms with Gasteiger partial charge in [-0.25, -0.2) is 0 Å². The van der Waals surface area contributed by atoms with Crippen molar-refractivity contribution in [3.05, 3.63) is 0 Å². The highest BCUT2D eigenvalue weighted by Gasteiger charge is 2.35. The van der Waals surface area contributed by atoms with Crippen LogP contribution in [0.3, 0.4) is 0 Å². The van der Waals surface area contributed by atoms with Gasteiger partial charge < -0.3 is 15.3 Å². The highest BCUT2D eigenvalue weighted by atomic mass is 16.4. The fourth-order valence-corrected chi connectivity index (χ4v) is 3.63. The van der Waals surface area contributed by atoms with E-state index >= 15 is 0 Å². The third-order valence-corrected chi connectivity index (χ3v) is 4.58. The summed E-state index contributed by atoms with van der Waals surface area (Å²) in [7, 11) is 0. The Balaban J connectivity index is 1.80. The van der Waals surface area contributed by atoms with E-state index in [2.05, 4.69) is 10.2 Å². The second-order valence-corrected chi connectivity index (χ2v) is 5.67. The van der Waals surface area contributed by atoms with Gasteiger partial charge in [0, 0.05) is 12.6 Å². The summed E-state index contributed by atoms with van der Waals surface area (Å²) in [6.07, 6.45) is 7.51. The number of likely N-dealkylation sites (N-methyl/N-ethyl adjacent to an activating group) is 1. The maximum atomic E-state index is 11.1. The minimum absolute atomic E-state index is 0.377. The van der Waals surface area contributed by atoms with Crippen molar-refractivity contribution in [2.75, 3.05) is 19.6 Å². The number of rotatable bonds is 6. The van der Waals surface area contributed by atoms with Crippen LogP contribution in [-0.2, 0) is 4.79 Å². The van der Waals surface area contributed by atoms with Crippen molar-refractivity contribution in [2.45, 2.75) is 57.5 Å². The van der Waals surface area contributed by atoms with Gasteiger partial charge in [0.25, 0.3) is 0 Å². The molecule has 18 heavy (non-hydrogen) atoms. The second-order valence-electron chi connectivity index (χ2n) is 5.67. The van der Waals surface area contributed by atoms with Gasteiger partial charge in [0.1, 0.15) is 6.04 Å². The Kier molecular flexibility index (Phi) is 5.01. The van der Waals surface area contributed by atoms with E-state index in [4.69, 9.17) is 5.11 Å². The van der Waals surface area contributed by atoms with Gasteiger partial charge in [-0.15, -0.1) is 0 Å². The molecular formula is C14H26N2O2. The summed E-state index contributed by atoms with van der Waals surface area (Å²) in [4.78, 5) is 13.6. The summed E-state index contributed by atoms with van der Waals surface area (Å²) >= 11 is 0. The SMILES string of the molecule is CCNC(CCN1CCC2CCCCC21)C(=O)O. The van der Waals surface area contributed by atoms with Gasteiger partial charge in [-0.3, -0.25) is 4.79 Å². The van der Waals surface area contributed by atoms with Crippen LogP contribution in [0.25, 0.3) is 0 Å². The Bertz CT molecular complexity index is 283. The number of fused-ring (bicyclic) bond motifs is 1. The summed E-state index contributed by atoms with van der Waals surface area (Å²) in [6.45, 7) is 4.80. The molecule has 1 saturated heterocycles. The fraction of sp³-hybridized carbons (Fsp3) is 0.929. The number of likely N-dealkylation sites (tertiary alicyclic amines) is 1. The molecule has 0 radical (unpaired) electrons. The number of hydrogen-bond acceptors (Lipinski definition) is 3. The molecule has 0 amide bonds. The number of carbonyl (C=O) groups is 1. The first-order chi connectivity index (χ1) is 8.72. The second kappa shape index (κ2) is 6.53.